The van der Waals surface area contributed by atoms with Crippen LogP contribution in [0.3, 0.4) is 0 Å². The second kappa shape index (κ2) is 7.55. The number of rotatable bonds is 4. The predicted molar refractivity (Wildman–Crippen MR) is 115 cm³/mol. The lowest BCUT2D eigenvalue weighted by Gasteiger charge is -2.43. The number of methoxy groups -OCH3 is 2. The molecule has 160 valence electrons. The predicted octanol–water partition coefficient (Wildman–Crippen LogP) is 4.73. The Hall–Kier alpha value is -3.09. The Morgan fingerprint density at radius 2 is 1.16 bits per heavy atom. The highest BCUT2D eigenvalue weighted by Crippen LogP contribution is 2.54. The molecule has 1 saturated carbocycles. The summed E-state index contributed by atoms with van der Waals surface area (Å²) >= 11 is 0. The molecule has 0 aromatic heterocycles. The van der Waals surface area contributed by atoms with Crippen LogP contribution in [0.1, 0.15) is 42.2 Å². The van der Waals surface area contributed by atoms with Gasteiger partial charge in [0, 0.05) is 11.8 Å². The molecule has 2 aromatic carbocycles. The maximum atomic E-state index is 14.2. The van der Waals surface area contributed by atoms with Gasteiger partial charge < -0.3 is 9.47 Å². The molecule has 1 fully saturated rings. The molecule has 2 spiro atoms. The van der Waals surface area contributed by atoms with Crippen molar-refractivity contribution in [3.05, 3.63) is 59.7 Å². The fourth-order valence-corrected chi connectivity index (χ4v) is 5.46. The molecule has 3 aliphatic rings. The number of azo groups is 2. The fourth-order valence-electron chi connectivity index (χ4n) is 5.46. The van der Waals surface area contributed by atoms with Crippen molar-refractivity contribution in [2.24, 2.45) is 20.5 Å². The Balaban J connectivity index is 1.52. The summed E-state index contributed by atoms with van der Waals surface area (Å²) in [7, 11) is 3.30. The SMILES string of the molecule is COc1ccc(C2CN=NC23CCCC2(N=NCC2c2ccc(OC)cc2)C3=O)cc1. The van der Waals surface area contributed by atoms with Gasteiger partial charge in [0.2, 0.25) is 0 Å². The van der Waals surface area contributed by atoms with E-state index in [0.717, 1.165) is 29.0 Å². The van der Waals surface area contributed by atoms with Crippen molar-refractivity contribution >= 4 is 5.78 Å². The minimum atomic E-state index is -0.874. The van der Waals surface area contributed by atoms with E-state index in [4.69, 9.17) is 9.47 Å². The minimum Gasteiger partial charge on any atom is -0.497 e. The molecule has 0 bridgehead atoms. The average Bonchev–Trinajstić information content (AvgIpc) is 3.43. The van der Waals surface area contributed by atoms with E-state index in [1.165, 1.54) is 0 Å². The van der Waals surface area contributed by atoms with Crippen molar-refractivity contribution < 1.29 is 14.3 Å². The summed E-state index contributed by atoms with van der Waals surface area (Å²) in [6, 6.07) is 15.8. The molecule has 0 saturated heterocycles. The fraction of sp³-hybridized carbons (Fsp3) is 0.458. The van der Waals surface area contributed by atoms with Gasteiger partial charge in [-0.25, -0.2) is 0 Å². The number of hydrogen-bond donors (Lipinski definition) is 0. The lowest BCUT2D eigenvalue weighted by molar-refractivity contribution is -0.133. The largest absolute Gasteiger partial charge is 0.497 e. The second-order valence-electron chi connectivity index (χ2n) is 8.53. The minimum absolute atomic E-state index is 0.0652. The highest BCUT2D eigenvalue weighted by Gasteiger charge is 2.63. The van der Waals surface area contributed by atoms with Crippen molar-refractivity contribution in [3.63, 3.8) is 0 Å². The van der Waals surface area contributed by atoms with Gasteiger partial charge in [0.15, 0.2) is 16.9 Å². The number of carbonyl (C=O) groups excluding carboxylic acids is 1. The third-order valence-corrected chi connectivity index (χ3v) is 7.12. The van der Waals surface area contributed by atoms with Gasteiger partial charge in [-0.3, -0.25) is 4.79 Å². The quantitative estimate of drug-likeness (QED) is 0.719. The van der Waals surface area contributed by atoms with Gasteiger partial charge >= 0.3 is 0 Å². The molecule has 0 amide bonds. The van der Waals surface area contributed by atoms with Crippen LogP contribution >= 0.6 is 0 Å². The first-order valence-corrected chi connectivity index (χ1v) is 10.7. The number of ketones is 1. The van der Waals surface area contributed by atoms with Crippen molar-refractivity contribution in [2.45, 2.75) is 42.2 Å². The second-order valence-corrected chi connectivity index (χ2v) is 8.53. The van der Waals surface area contributed by atoms with E-state index < -0.39 is 11.1 Å². The zero-order chi connectivity index (χ0) is 21.5. The van der Waals surface area contributed by atoms with Gasteiger partial charge in [0.05, 0.1) is 27.3 Å². The van der Waals surface area contributed by atoms with Crippen LogP contribution in [0, 0.1) is 0 Å². The molecule has 1 aliphatic carbocycles. The summed E-state index contributed by atoms with van der Waals surface area (Å²) in [5.41, 5.74) is 0.376. The zero-order valence-corrected chi connectivity index (χ0v) is 17.8. The van der Waals surface area contributed by atoms with Crippen LogP contribution < -0.4 is 9.47 Å². The summed E-state index contributed by atoms with van der Waals surface area (Å²) in [5, 5.41) is 18.0. The van der Waals surface area contributed by atoms with Gasteiger partial charge in [0.25, 0.3) is 0 Å². The molecule has 4 atom stereocenters. The first-order valence-electron chi connectivity index (χ1n) is 10.7. The standard InChI is InChI=1S/C24H26N4O3/c1-30-18-8-4-16(5-9-18)20-14-25-27-23(20)12-3-13-24(22(23)29)21(15-26-28-24)17-6-10-19(31-2)11-7-17/h4-11,20-21H,3,12-15H2,1-2H3. The molecule has 0 radical (unpaired) electrons. The number of ether oxygens (including phenoxy) is 2. The first kappa shape index (κ1) is 19.8. The van der Waals surface area contributed by atoms with Gasteiger partial charge in [-0.1, -0.05) is 24.3 Å². The molecule has 4 unspecified atom stereocenters. The Bertz CT molecular complexity index is 952. The molecule has 31 heavy (non-hydrogen) atoms. The van der Waals surface area contributed by atoms with Crippen LogP contribution in [0.5, 0.6) is 11.5 Å². The smallest absolute Gasteiger partial charge is 0.192 e. The number of benzene rings is 2. The Morgan fingerprint density at radius 3 is 1.55 bits per heavy atom. The van der Waals surface area contributed by atoms with Crippen LogP contribution in [-0.4, -0.2) is 44.2 Å². The maximum Gasteiger partial charge on any atom is 0.192 e. The van der Waals surface area contributed by atoms with E-state index in [9.17, 15) is 4.79 Å². The van der Waals surface area contributed by atoms with Crippen LogP contribution in [0.15, 0.2) is 69.0 Å². The van der Waals surface area contributed by atoms with Crippen molar-refractivity contribution in [2.75, 3.05) is 27.3 Å². The normalized spacial score (nSPS) is 31.6. The first-order chi connectivity index (χ1) is 15.1. The number of carbonyl (C=O) groups is 1. The summed E-state index contributed by atoms with van der Waals surface area (Å²) in [4.78, 5) is 14.2. The van der Waals surface area contributed by atoms with Crippen molar-refractivity contribution in [1.29, 1.82) is 0 Å². The molecular formula is C24H26N4O3. The molecule has 2 aromatic rings. The lowest BCUT2D eigenvalue weighted by atomic mass is 9.60. The molecule has 7 heteroatoms. The van der Waals surface area contributed by atoms with Gasteiger partial charge in [0.1, 0.15) is 11.5 Å². The van der Waals surface area contributed by atoms with Crippen LogP contribution in [0.2, 0.25) is 0 Å². The van der Waals surface area contributed by atoms with E-state index in [0.29, 0.717) is 25.9 Å². The van der Waals surface area contributed by atoms with Crippen LogP contribution in [-0.2, 0) is 4.79 Å². The van der Waals surface area contributed by atoms with E-state index in [-0.39, 0.29) is 17.6 Å². The van der Waals surface area contributed by atoms with Gasteiger partial charge in [-0.15, -0.1) is 0 Å². The highest BCUT2D eigenvalue weighted by atomic mass is 16.5. The maximum absolute atomic E-state index is 14.2. The van der Waals surface area contributed by atoms with Crippen LogP contribution in [0.4, 0.5) is 0 Å². The van der Waals surface area contributed by atoms with E-state index in [2.05, 4.69) is 20.5 Å². The van der Waals surface area contributed by atoms with Gasteiger partial charge in [-0.05, 0) is 54.7 Å². The summed E-state index contributed by atoms with van der Waals surface area (Å²) in [6.45, 7) is 1.02. The summed E-state index contributed by atoms with van der Waals surface area (Å²) in [5.74, 6) is 1.47. The van der Waals surface area contributed by atoms with Crippen LogP contribution in [0.25, 0.3) is 0 Å². The third-order valence-electron chi connectivity index (χ3n) is 7.12. The molecule has 2 aliphatic heterocycles. The summed E-state index contributed by atoms with van der Waals surface area (Å²) in [6.07, 6.45) is 2.25. The van der Waals surface area contributed by atoms with Crippen molar-refractivity contribution in [3.8, 4) is 11.5 Å². The number of Topliss-reactive ketones (excluding diaryl/α,β-unsaturated/α-hetero) is 1. The van der Waals surface area contributed by atoms with Gasteiger partial charge in [-0.2, -0.15) is 20.5 Å². The van der Waals surface area contributed by atoms with E-state index in [1.807, 2.05) is 48.5 Å². The number of hydrogen-bond acceptors (Lipinski definition) is 7. The Kier molecular flexibility index (Phi) is 4.84. The highest BCUT2D eigenvalue weighted by molar-refractivity contribution is 6.00. The van der Waals surface area contributed by atoms with E-state index >= 15 is 0 Å². The molecule has 7 nitrogen and oxygen atoms in total. The monoisotopic (exact) mass is 418 g/mol. The average molecular weight is 418 g/mol. The molecule has 2 heterocycles. The van der Waals surface area contributed by atoms with Crippen molar-refractivity contribution in [1.82, 2.24) is 0 Å². The number of nitrogens with zero attached hydrogens (tertiary/aromatic N) is 4. The molecule has 5 rings (SSSR count). The lowest BCUT2D eigenvalue weighted by Crippen LogP contribution is -2.58. The third kappa shape index (κ3) is 2.98. The Morgan fingerprint density at radius 1 is 0.742 bits per heavy atom. The molecule has 0 N–H and O–H groups in total. The Labute approximate surface area is 181 Å². The van der Waals surface area contributed by atoms with E-state index in [1.54, 1.807) is 14.2 Å². The zero-order valence-electron chi connectivity index (χ0n) is 17.8. The topological polar surface area (TPSA) is 85.0 Å². The summed E-state index contributed by atoms with van der Waals surface area (Å²) < 4.78 is 10.6. The molecular weight excluding hydrogens is 392 g/mol.